The number of imide groups is 1. The van der Waals surface area contributed by atoms with Crippen molar-refractivity contribution in [2.24, 2.45) is 0 Å². The van der Waals surface area contributed by atoms with E-state index < -0.39 is 29.4 Å². The van der Waals surface area contributed by atoms with E-state index in [1.54, 1.807) is 0 Å². The van der Waals surface area contributed by atoms with Crippen LogP contribution < -0.4 is 0 Å². The summed E-state index contributed by atoms with van der Waals surface area (Å²) in [5.41, 5.74) is 0.308. The van der Waals surface area contributed by atoms with Crippen molar-refractivity contribution in [2.75, 3.05) is 13.7 Å². The summed E-state index contributed by atoms with van der Waals surface area (Å²) in [6, 6.07) is 7.87. The first-order chi connectivity index (χ1) is 13.4. The van der Waals surface area contributed by atoms with E-state index in [0.717, 1.165) is 28.8 Å². The number of nitrogens with zero attached hydrogens (tertiary/aromatic N) is 2. The Morgan fingerprint density at radius 3 is 2.61 bits per heavy atom. The molecule has 1 aromatic heterocycles. The molecule has 2 heterocycles. The number of benzene rings is 1. The number of carbonyl (C=O) groups is 4. The van der Waals surface area contributed by atoms with E-state index in [4.69, 9.17) is 4.74 Å². The van der Waals surface area contributed by atoms with Crippen LogP contribution >= 0.6 is 11.8 Å². The van der Waals surface area contributed by atoms with Gasteiger partial charge in [-0.05, 0) is 36.4 Å². The minimum absolute atomic E-state index is 0.0219. The number of halogens is 1. The number of aromatic nitrogens is 1. The molecule has 0 N–H and O–H groups in total. The van der Waals surface area contributed by atoms with Crippen molar-refractivity contribution in [1.29, 1.82) is 0 Å². The molecule has 0 radical (unpaired) electrons. The molecule has 1 saturated heterocycles. The molecule has 0 aliphatic carbocycles. The van der Waals surface area contributed by atoms with Crippen LogP contribution in [0.5, 0.6) is 0 Å². The van der Waals surface area contributed by atoms with Gasteiger partial charge >= 0.3 is 5.97 Å². The van der Waals surface area contributed by atoms with Gasteiger partial charge in [-0.25, -0.2) is 14.2 Å². The number of esters is 1. The number of ketones is 1. The van der Waals surface area contributed by atoms with Crippen LogP contribution in [0, 0.1) is 5.82 Å². The zero-order valence-electron chi connectivity index (χ0n) is 14.8. The van der Waals surface area contributed by atoms with Crippen LogP contribution in [0.4, 0.5) is 4.39 Å². The van der Waals surface area contributed by atoms with Gasteiger partial charge < -0.3 is 4.74 Å². The average Bonchev–Trinajstić information content (AvgIpc) is 2.93. The van der Waals surface area contributed by atoms with Gasteiger partial charge in [-0.1, -0.05) is 11.8 Å². The second-order valence-electron chi connectivity index (χ2n) is 5.96. The molecule has 9 heteroatoms. The first-order valence-corrected chi connectivity index (χ1v) is 9.12. The lowest BCUT2D eigenvalue weighted by Gasteiger charge is -2.11. The number of rotatable bonds is 6. The lowest BCUT2D eigenvalue weighted by Crippen LogP contribution is -2.26. The van der Waals surface area contributed by atoms with Gasteiger partial charge in [0.1, 0.15) is 10.8 Å². The van der Waals surface area contributed by atoms with Crippen LogP contribution in [0.3, 0.4) is 0 Å². The third kappa shape index (κ3) is 4.25. The number of hydrogen-bond donors (Lipinski definition) is 0. The van der Waals surface area contributed by atoms with Gasteiger partial charge in [0.25, 0.3) is 0 Å². The monoisotopic (exact) mass is 402 g/mol. The van der Waals surface area contributed by atoms with Crippen molar-refractivity contribution in [3.63, 3.8) is 0 Å². The van der Waals surface area contributed by atoms with Gasteiger partial charge in [0.15, 0.2) is 12.4 Å². The van der Waals surface area contributed by atoms with E-state index >= 15 is 0 Å². The van der Waals surface area contributed by atoms with Crippen LogP contribution in [-0.2, 0) is 14.3 Å². The molecule has 2 aromatic rings. The molecule has 1 aliphatic heterocycles. The summed E-state index contributed by atoms with van der Waals surface area (Å²) in [4.78, 5) is 53.3. The predicted molar refractivity (Wildman–Crippen MR) is 97.3 cm³/mol. The van der Waals surface area contributed by atoms with Crippen LogP contribution in [-0.4, -0.2) is 52.4 Å². The maximum atomic E-state index is 12.9. The van der Waals surface area contributed by atoms with Gasteiger partial charge in [0.2, 0.25) is 11.8 Å². The molecule has 2 amide bonds. The number of hydrogen-bond acceptors (Lipinski definition) is 7. The summed E-state index contributed by atoms with van der Waals surface area (Å²) in [6.07, 6.45) is 1.47. The smallest absolute Gasteiger partial charge is 0.341 e. The highest BCUT2D eigenvalue weighted by molar-refractivity contribution is 8.00. The topological polar surface area (TPSA) is 93.6 Å². The Morgan fingerprint density at radius 2 is 1.96 bits per heavy atom. The molecule has 0 bridgehead atoms. The van der Waals surface area contributed by atoms with Crippen LogP contribution in [0.15, 0.2) is 47.6 Å². The van der Waals surface area contributed by atoms with Crippen LogP contribution in [0.1, 0.15) is 27.1 Å². The Morgan fingerprint density at radius 1 is 1.25 bits per heavy atom. The van der Waals surface area contributed by atoms with Crippen molar-refractivity contribution in [3.8, 4) is 0 Å². The van der Waals surface area contributed by atoms with Crippen molar-refractivity contribution >= 4 is 35.3 Å². The zero-order valence-corrected chi connectivity index (χ0v) is 15.6. The number of likely N-dealkylation sites (tertiary alicyclic amines) is 1. The maximum absolute atomic E-state index is 12.9. The molecule has 1 aliphatic rings. The molecular weight excluding hydrogens is 387 g/mol. The highest BCUT2D eigenvalue weighted by Crippen LogP contribution is 2.31. The predicted octanol–water partition coefficient (Wildman–Crippen LogP) is 2.11. The minimum atomic E-state index is -0.781. The lowest BCUT2D eigenvalue weighted by molar-refractivity contribution is -0.136. The Bertz CT molecular complexity index is 948. The van der Waals surface area contributed by atoms with Crippen molar-refractivity contribution in [2.45, 2.75) is 16.7 Å². The van der Waals surface area contributed by atoms with E-state index in [2.05, 4.69) is 4.98 Å². The van der Waals surface area contributed by atoms with Gasteiger partial charge in [0.05, 0.1) is 10.8 Å². The van der Waals surface area contributed by atoms with Crippen LogP contribution in [0.25, 0.3) is 0 Å². The Balaban J connectivity index is 1.67. The molecule has 1 unspecified atom stereocenters. The second-order valence-corrected chi connectivity index (χ2v) is 7.16. The van der Waals surface area contributed by atoms with E-state index in [1.165, 1.54) is 37.5 Å². The van der Waals surface area contributed by atoms with E-state index in [1.807, 2.05) is 0 Å². The molecule has 28 heavy (non-hydrogen) atoms. The number of ether oxygens (including phenoxy) is 1. The molecule has 0 saturated carbocycles. The first kappa shape index (κ1) is 19.7. The standard InChI is InChI=1S/C19H15FN2O5S/c1-22-16(24)9-15(18(22)25)28-17-13(3-2-8-21-17)19(26)27-10-14(23)11-4-6-12(20)7-5-11/h2-8,15H,9-10H2,1H3. The maximum Gasteiger partial charge on any atom is 0.341 e. The summed E-state index contributed by atoms with van der Waals surface area (Å²) >= 11 is 1.00. The fraction of sp³-hybridized carbons (Fsp3) is 0.211. The highest BCUT2D eigenvalue weighted by Gasteiger charge is 2.37. The number of thioether (sulfide) groups is 1. The highest BCUT2D eigenvalue weighted by atomic mass is 32.2. The van der Waals surface area contributed by atoms with Crippen molar-refractivity contribution < 1.29 is 28.3 Å². The first-order valence-electron chi connectivity index (χ1n) is 8.25. The summed E-state index contributed by atoms with van der Waals surface area (Å²) in [5.74, 6) is -2.39. The van der Waals surface area contributed by atoms with Gasteiger partial charge in [-0.15, -0.1) is 0 Å². The zero-order chi connectivity index (χ0) is 20.3. The molecule has 7 nitrogen and oxygen atoms in total. The summed E-state index contributed by atoms with van der Waals surface area (Å²) in [7, 11) is 1.40. The largest absolute Gasteiger partial charge is 0.454 e. The lowest BCUT2D eigenvalue weighted by atomic mass is 10.1. The average molecular weight is 402 g/mol. The number of carbonyl (C=O) groups excluding carboxylic acids is 4. The van der Waals surface area contributed by atoms with Crippen LogP contribution in [0.2, 0.25) is 0 Å². The van der Waals surface area contributed by atoms with Gasteiger partial charge in [-0.2, -0.15) is 0 Å². The van der Waals surface area contributed by atoms with Gasteiger partial charge in [0, 0.05) is 25.2 Å². The van der Waals surface area contributed by atoms with E-state index in [-0.39, 0.29) is 34.4 Å². The third-order valence-corrected chi connectivity index (χ3v) is 5.29. The molecule has 0 spiro atoms. The number of amides is 2. The Kier molecular flexibility index (Phi) is 5.84. The molecule has 144 valence electrons. The Labute approximate surface area is 163 Å². The number of pyridine rings is 1. The van der Waals surface area contributed by atoms with Crippen molar-refractivity contribution in [1.82, 2.24) is 9.88 Å². The summed E-state index contributed by atoms with van der Waals surface area (Å²) in [5, 5.41) is -0.428. The van der Waals surface area contributed by atoms with Gasteiger partial charge in [-0.3, -0.25) is 19.3 Å². The third-order valence-electron chi connectivity index (χ3n) is 4.09. The number of Topliss-reactive ketones (excluding diaryl/α,β-unsaturated/α-hetero) is 1. The van der Waals surface area contributed by atoms with E-state index in [0.29, 0.717) is 0 Å². The minimum Gasteiger partial charge on any atom is -0.454 e. The molecule has 1 aromatic carbocycles. The Hall–Kier alpha value is -3.07. The molecule has 1 fully saturated rings. The fourth-order valence-corrected chi connectivity index (χ4v) is 3.67. The van der Waals surface area contributed by atoms with Crippen molar-refractivity contribution in [3.05, 3.63) is 59.5 Å². The molecular formula is C19H15FN2O5S. The normalized spacial score (nSPS) is 16.4. The van der Waals surface area contributed by atoms with E-state index in [9.17, 15) is 23.6 Å². The molecule has 3 rings (SSSR count). The quantitative estimate of drug-likeness (QED) is 0.415. The summed E-state index contributed by atoms with van der Waals surface area (Å²) in [6.45, 7) is -0.521. The summed E-state index contributed by atoms with van der Waals surface area (Å²) < 4.78 is 18.0. The molecule has 1 atom stereocenters. The fourth-order valence-electron chi connectivity index (χ4n) is 2.52. The second kappa shape index (κ2) is 8.30. The SMILES string of the molecule is CN1C(=O)CC(Sc2ncccc2C(=O)OCC(=O)c2ccc(F)cc2)C1=O.